The Morgan fingerprint density at radius 1 is 1.56 bits per heavy atom. The lowest BCUT2D eigenvalue weighted by atomic mass is 10.0. The molecule has 4 nitrogen and oxygen atoms in total. The molecule has 7 heteroatoms. The Morgan fingerprint density at radius 2 is 2.33 bits per heavy atom. The molecule has 0 saturated heterocycles. The zero-order valence-electron chi connectivity index (χ0n) is 9.65. The number of nitrogens with two attached hydrogens (primary N) is 1. The van der Waals surface area contributed by atoms with Gasteiger partial charge in [-0.1, -0.05) is 28.2 Å². The summed E-state index contributed by atoms with van der Waals surface area (Å²) in [5.41, 5.74) is 3.97. The van der Waals surface area contributed by atoms with Crippen LogP contribution in [0.3, 0.4) is 0 Å². The van der Waals surface area contributed by atoms with Crippen molar-refractivity contribution in [3.05, 3.63) is 45.2 Å². The highest BCUT2D eigenvalue weighted by Gasteiger charge is 2.18. The first kappa shape index (κ1) is 13.4. The SMILES string of the molecule is Cc1nnsc1C(Cc1cccc(Cl)c1F)NN. The first-order valence-electron chi connectivity index (χ1n) is 5.31. The summed E-state index contributed by atoms with van der Waals surface area (Å²) < 4.78 is 17.7. The van der Waals surface area contributed by atoms with Gasteiger partial charge in [-0.15, -0.1) is 5.10 Å². The van der Waals surface area contributed by atoms with Crippen LogP contribution in [0.1, 0.15) is 22.2 Å². The van der Waals surface area contributed by atoms with Crippen LogP contribution < -0.4 is 11.3 Å². The van der Waals surface area contributed by atoms with E-state index in [0.717, 1.165) is 10.6 Å². The van der Waals surface area contributed by atoms with E-state index in [9.17, 15) is 4.39 Å². The van der Waals surface area contributed by atoms with E-state index in [1.165, 1.54) is 17.6 Å². The molecule has 1 atom stereocenters. The first-order chi connectivity index (χ1) is 8.63. The van der Waals surface area contributed by atoms with Crippen molar-refractivity contribution in [2.75, 3.05) is 0 Å². The van der Waals surface area contributed by atoms with Crippen molar-refractivity contribution in [2.24, 2.45) is 5.84 Å². The molecule has 1 unspecified atom stereocenters. The summed E-state index contributed by atoms with van der Waals surface area (Å²) in [6.45, 7) is 1.84. The maximum atomic E-state index is 13.8. The molecule has 0 saturated carbocycles. The minimum absolute atomic E-state index is 0.113. The molecule has 0 fully saturated rings. The standard InChI is InChI=1S/C11H12ClFN4S/c1-6-11(18-17-16-6)9(15-14)5-7-3-2-4-8(12)10(7)13/h2-4,9,15H,5,14H2,1H3. The first-order valence-corrected chi connectivity index (χ1v) is 6.46. The minimum Gasteiger partial charge on any atom is -0.271 e. The number of aryl methyl sites for hydroxylation is 1. The summed E-state index contributed by atoms with van der Waals surface area (Å²) in [4.78, 5) is 0.900. The van der Waals surface area contributed by atoms with E-state index in [1.807, 2.05) is 6.92 Å². The van der Waals surface area contributed by atoms with Gasteiger partial charge in [0.1, 0.15) is 5.82 Å². The van der Waals surface area contributed by atoms with E-state index in [-0.39, 0.29) is 11.1 Å². The van der Waals surface area contributed by atoms with Crippen LogP contribution in [-0.2, 0) is 6.42 Å². The van der Waals surface area contributed by atoms with Crippen molar-refractivity contribution < 1.29 is 4.39 Å². The summed E-state index contributed by atoms with van der Waals surface area (Å²) >= 11 is 7.00. The fourth-order valence-corrected chi connectivity index (χ4v) is 2.61. The molecular formula is C11H12ClFN4S. The van der Waals surface area contributed by atoms with Gasteiger partial charge in [0.05, 0.1) is 21.6 Å². The molecule has 96 valence electrons. The van der Waals surface area contributed by atoms with E-state index in [4.69, 9.17) is 17.4 Å². The topological polar surface area (TPSA) is 63.8 Å². The zero-order chi connectivity index (χ0) is 13.1. The number of benzene rings is 1. The van der Waals surface area contributed by atoms with Gasteiger partial charge in [-0.2, -0.15) is 0 Å². The van der Waals surface area contributed by atoms with Crippen LogP contribution in [0, 0.1) is 12.7 Å². The third kappa shape index (κ3) is 2.67. The third-order valence-corrected chi connectivity index (χ3v) is 3.89. The molecule has 0 aliphatic rings. The fourth-order valence-electron chi connectivity index (χ4n) is 1.71. The third-order valence-electron chi connectivity index (χ3n) is 2.66. The molecule has 0 amide bonds. The lowest BCUT2D eigenvalue weighted by Gasteiger charge is -2.15. The van der Waals surface area contributed by atoms with Crippen LogP contribution in [0.25, 0.3) is 0 Å². The van der Waals surface area contributed by atoms with Crippen LogP contribution in [0.4, 0.5) is 4.39 Å². The summed E-state index contributed by atoms with van der Waals surface area (Å²) in [7, 11) is 0. The Morgan fingerprint density at radius 3 is 2.94 bits per heavy atom. The van der Waals surface area contributed by atoms with Gasteiger partial charge in [0.15, 0.2) is 0 Å². The number of nitrogens with zero attached hydrogens (tertiary/aromatic N) is 2. The smallest absolute Gasteiger partial charge is 0.145 e. The van der Waals surface area contributed by atoms with Crippen molar-refractivity contribution in [2.45, 2.75) is 19.4 Å². The Hall–Kier alpha value is -1.08. The van der Waals surface area contributed by atoms with Crippen LogP contribution in [0.5, 0.6) is 0 Å². The number of hydrazine groups is 1. The van der Waals surface area contributed by atoms with Gasteiger partial charge in [-0.25, -0.2) is 4.39 Å². The van der Waals surface area contributed by atoms with Gasteiger partial charge in [-0.3, -0.25) is 11.3 Å². The van der Waals surface area contributed by atoms with Gasteiger partial charge >= 0.3 is 0 Å². The Labute approximate surface area is 113 Å². The number of halogens is 2. The molecule has 1 aromatic heterocycles. The van der Waals surface area contributed by atoms with Crippen molar-refractivity contribution in [1.82, 2.24) is 15.0 Å². The van der Waals surface area contributed by atoms with Gasteiger partial charge in [0, 0.05) is 0 Å². The summed E-state index contributed by atoms with van der Waals surface area (Å²) in [6, 6.07) is 4.70. The zero-order valence-corrected chi connectivity index (χ0v) is 11.2. The highest BCUT2D eigenvalue weighted by Crippen LogP contribution is 2.26. The number of nitrogens with one attached hydrogen (secondary N) is 1. The van der Waals surface area contributed by atoms with Gasteiger partial charge in [-0.05, 0) is 36.5 Å². The Balaban J connectivity index is 2.26. The van der Waals surface area contributed by atoms with E-state index < -0.39 is 5.82 Å². The Kier molecular flexibility index (Phi) is 4.23. The summed E-state index contributed by atoms with van der Waals surface area (Å²) in [6.07, 6.45) is 0.396. The predicted molar refractivity (Wildman–Crippen MR) is 69.8 cm³/mol. The molecule has 18 heavy (non-hydrogen) atoms. The Bertz CT molecular complexity index is 546. The van der Waals surface area contributed by atoms with Crippen molar-refractivity contribution >= 4 is 23.1 Å². The average Bonchev–Trinajstić information content (AvgIpc) is 2.77. The highest BCUT2D eigenvalue weighted by molar-refractivity contribution is 7.05. The fraction of sp³-hybridized carbons (Fsp3) is 0.273. The van der Waals surface area contributed by atoms with Gasteiger partial charge in [0.25, 0.3) is 0 Å². The lowest BCUT2D eigenvalue weighted by Crippen LogP contribution is -2.29. The monoisotopic (exact) mass is 286 g/mol. The van der Waals surface area contributed by atoms with Gasteiger partial charge in [0.2, 0.25) is 0 Å². The average molecular weight is 287 g/mol. The summed E-state index contributed by atoms with van der Waals surface area (Å²) in [5.74, 6) is 5.11. The molecule has 0 radical (unpaired) electrons. The maximum Gasteiger partial charge on any atom is 0.145 e. The molecule has 2 aromatic rings. The van der Waals surface area contributed by atoms with Crippen LogP contribution in [0.15, 0.2) is 18.2 Å². The lowest BCUT2D eigenvalue weighted by molar-refractivity contribution is 0.533. The van der Waals surface area contributed by atoms with Crippen LogP contribution in [-0.4, -0.2) is 9.59 Å². The largest absolute Gasteiger partial charge is 0.271 e. The maximum absolute atomic E-state index is 13.8. The number of rotatable bonds is 4. The van der Waals surface area contributed by atoms with Crippen molar-refractivity contribution in [3.63, 3.8) is 0 Å². The highest BCUT2D eigenvalue weighted by atomic mass is 35.5. The minimum atomic E-state index is -0.408. The van der Waals surface area contributed by atoms with E-state index >= 15 is 0 Å². The van der Waals surface area contributed by atoms with Gasteiger partial charge < -0.3 is 0 Å². The van der Waals surface area contributed by atoms with E-state index in [2.05, 4.69) is 15.0 Å². The molecule has 0 aliphatic carbocycles. The molecule has 0 bridgehead atoms. The molecule has 3 N–H and O–H groups in total. The molecule has 0 aliphatic heterocycles. The molecule has 2 rings (SSSR count). The van der Waals surface area contributed by atoms with Crippen LogP contribution in [0.2, 0.25) is 5.02 Å². The van der Waals surface area contributed by atoms with E-state index in [0.29, 0.717) is 12.0 Å². The second-order valence-electron chi connectivity index (χ2n) is 3.86. The van der Waals surface area contributed by atoms with E-state index in [1.54, 1.807) is 12.1 Å². The molecule has 1 heterocycles. The normalized spacial score (nSPS) is 12.7. The predicted octanol–water partition coefficient (Wildman–Crippen LogP) is 2.39. The van der Waals surface area contributed by atoms with Crippen molar-refractivity contribution in [1.29, 1.82) is 0 Å². The van der Waals surface area contributed by atoms with Crippen LogP contribution >= 0.6 is 23.1 Å². The quantitative estimate of drug-likeness (QED) is 0.669. The second kappa shape index (κ2) is 5.71. The second-order valence-corrected chi connectivity index (χ2v) is 5.05. The molecule has 0 spiro atoms. The molecular weight excluding hydrogens is 275 g/mol. The number of aromatic nitrogens is 2. The summed E-state index contributed by atoms with van der Waals surface area (Å²) in [5, 5.41) is 4.03. The van der Waals surface area contributed by atoms with Crippen molar-refractivity contribution in [3.8, 4) is 0 Å². The number of hydrogen-bond acceptors (Lipinski definition) is 5. The molecule has 1 aromatic carbocycles. The number of hydrogen-bond donors (Lipinski definition) is 2.